The summed E-state index contributed by atoms with van der Waals surface area (Å²) in [6.07, 6.45) is 7.89. The number of phenolic OH excluding ortho intramolecular Hbond substituents is 2. The number of aromatic amines is 1. The van der Waals surface area contributed by atoms with Gasteiger partial charge in [0.05, 0.1) is 4.90 Å². The Balaban J connectivity index is 1.37. The summed E-state index contributed by atoms with van der Waals surface area (Å²) in [6, 6.07) is 9.47. The number of fused-ring (bicyclic) bond motifs is 6. The van der Waals surface area contributed by atoms with Crippen LogP contribution < -0.4 is 0 Å². The lowest BCUT2D eigenvalue weighted by molar-refractivity contribution is -0.129. The van der Waals surface area contributed by atoms with Crippen molar-refractivity contribution in [3.63, 3.8) is 0 Å². The molecule has 2 aromatic carbocycles. The predicted octanol–water partition coefficient (Wildman–Crippen LogP) is 6.16. The first-order chi connectivity index (χ1) is 14.9. The van der Waals surface area contributed by atoms with E-state index in [1.807, 2.05) is 18.3 Å². The summed E-state index contributed by atoms with van der Waals surface area (Å²) in [7, 11) is 0. The molecule has 0 saturated heterocycles. The minimum absolute atomic E-state index is 0.112. The molecular formula is C26H27NO3S. The Hall–Kier alpha value is -2.40. The summed E-state index contributed by atoms with van der Waals surface area (Å²) in [5.41, 5.74) is 3.50. The number of ketones is 1. The first-order valence-electron chi connectivity index (χ1n) is 11.3. The van der Waals surface area contributed by atoms with Crippen molar-refractivity contribution in [3.8, 4) is 11.5 Å². The van der Waals surface area contributed by atoms with Gasteiger partial charge in [0.25, 0.3) is 0 Å². The van der Waals surface area contributed by atoms with E-state index >= 15 is 0 Å². The van der Waals surface area contributed by atoms with Gasteiger partial charge in [-0.2, -0.15) is 0 Å². The highest BCUT2D eigenvalue weighted by Crippen LogP contribution is 2.60. The molecule has 3 aliphatic rings. The second-order valence-electron chi connectivity index (χ2n) is 9.84. The minimum Gasteiger partial charge on any atom is -0.508 e. The summed E-state index contributed by atoms with van der Waals surface area (Å²) in [5.74, 6) is 2.61. The third-order valence-corrected chi connectivity index (χ3v) is 9.47. The Morgan fingerprint density at radius 2 is 1.94 bits per heavy atom. The fourth-order valence-corrected chi connectivity index (χ4v) is 7.71. The lowest BCUT2D eigenvalue weighted by atomic mass is 9.55. The molecule has 0 amide bonds. The number of H-pyrrole nitrogens is 1. The molecule has 0 spiro atoms. The molecule has 160 valence electrons. The first-order valence-corrected chi connectivity index (χ1v) is 12.1. The highest BCUT2D eigenvalue weighted by molar-refractivity contribution is 7.99. The van der Waals surface area contributed by atoms with Gasteiger partial charge in [0.15, 0.2) is 0 Å². The van der Waals surface area contributed by atoms with E-state index in [0.717, 1.165) is 59.2 Å². The van der Waals surface area contributed by atoms with Gasteiger partial charge in [0, 0.05) is 33.8 Å². The fraction of sp³-hybridized carbons (Fsp3) is 0.423. The average Bonchev–Trinajstić information content (AvgIpc) is 3.28. The second kappa shape index (κ2) is 6.80. The van der Waals surface area contributed by atoms with Gasteiger partial charge in [-0.05, 0) is 91.3 Å². The summed E-state index contributed by atoms with van der Waals surface area (Å²) >= 11 is 1.54. The lowest BCUT2D eigenvalue weighted by Crippen LogP contribution is -2.42. The average molecular weight is 434 g/mol. The van der Waals surface area contributed by atoms with Crippen LogP contribution in [0, 0.1) is 17.3 Å². The number of carbonyl (C=O) groups excluding carboxylic acids is 1. The number of phenols is 2. The maximum absolute atomic E-state index is 12.6. The van der Waals surface area contributed by atoms with E-state index in [4.69, 9.17) is 0 Å². The molecule has 2 fully saturated rings. The second-order valence-corrected chi connectivity index (χ2v) is 10.9. The third kappa shape index (κ3) is 2.85. The Labute approximate surface area is 186 Å². The molecule has 31 heavy (non-hydrogen) atoms. The molecule has 5 heteroatoms. The van der Waals surface area contributed by atoms with Crippen LogP contribution >= 0.6 is 11.8 Å². The van der Waals surface area contributed by atoms with E-state index in [1.54, 1.807) is 23.9 Å². The summed E-state index contributed by atoms with van der Waals surface area (Å²) < 4.78 is 0. The molecular weight excluding hydrogens is 406 g/mol. The van der Waals surface area contributed by atoms with Crippen LogP contribution in [0.3, 0.4) is 0 Å². The molecule has 3 N–H and O–H groups in total. The van der Waals surface area contributed by atoms with Gasteiger partial charge < -0.3 is 15.2 Å². The van der Waals surface area contributed by atoms with Crippen molar-refractivity contribution in [1.29, 1.82) is 0 Å². The highest BCUT2D eigenvalue weighted by atomic mass is 32.2. The van der Waals surface area contributed by atoms with Gasteiger partial charge in [-0.3, -0.25) is 4.79 Å². The summed E-state index contributed by atoms with van der Waals surface area (Å²) in [5, 5.41) is 21.6. The Bertz CT molecular complexity index is 1210. The van der Waals surface area contributed by atoms with Crippen LogP contribution in [-0.4, -0.2) is 21.0 Å². The monoisotopic (exact) mass is 433 g/mol. The molecule has 1 aromatic heterocycles. The molecule has 4 nitrogen and oxygen atoms in total. The number of carbonyl (C=O) groups is 1. The van der Waals surface area contributed by atoms with Crippen LogP contribution in [0.1, 0.15) is 56.1 Å². The third-order valence-electron chi connectivity index (χ3n) is 8.36. The van der Waals surface area contributed by atoms with E-state index in [9.17, 15) is 15.0 Å². The molecule has 0 bridgehead atoms. The smallest absolute Gasteiger partial charge is 0.139 e. The van der Waals surface area contributed by atoms with Crippen LogP contribution in [0.15, 0.2) is 46.3 Å². The number of hydrogen-bond acceptors (Lipinski definition) is 4. The van der Waals surface area contributed by atoms with E-state index in [1.165, 1.54) is 11.1 Å². The molecule has 6 rings (SSSR count). The number of rotatable bonds is 2. The van der Waals surface area contributed by atoms with Crippen molar-refractivity contribution in [1.82, 2.24) is 4.98 Å². The van der Waals surface area contributed by atoms with Gasteiger partial charge in [0.2, 0.25) is 0 Å². The van der Waals surface area contributed by atoms with E-state index < -0.39 is 0 Å². The van der Waals surface area contributed by atoms with Gasteiger partial charge in [-0.1, -0.05) is 18.7 Å². The number of benzene rings is 2. The zero-order valence-corrected chi connectivity index (χ0v) is 18.5. The largest absolute Gasteiger partial charge is 0.508 e. The first kappa shape index (κ1) is 19.3. The Morgan fingerprint density at radius 1 is 1.06 bits per heavy atom. The SMILES string of the molecule is C[C@]12CC[C@@H]3c4cc(Sc5c[nH]c6ccc(O)cc56)c(O)cc4CC[C@H]3[C@@H]1CCC2=O. The van der Waals surface area contributed by atoms with Crippen molar-refractivity contribution in [2.45, 2.75) is 61.2 Å². The van der Waals surface area contributed by atoms with Gasteiger partial charge in [-0.25, -0.2) is 0 Å². The van der Waals surface area contributed by atoms with Gasteiger partial charge in [0.1, 0.15) is 17.3 Å². The van der Waals surface area contributed by atoms with Crippen LogP contribution in [0.2, 0.25) is 0 Å². The maximum Gasteiger partial charge on any atom is 0.139 e. The van der Waals surface area contributed by atoms with Crippen LogP contribution in [0.4, 0.5) is 0 Å². The number of aromatic hydroxyl groups is 2. The zero-order chi connectivity index (χ0) is 21.3. The number of Topliss-reactive ketones (excluding diaryl/α,β-unsaturated/α-hetero) is 1. The number of aryl methyl sites for hydroxylation is 1. The normalized spacial score (nSPS) is 29.6. The Morgan fingerprint density at radius 3 is 2.81 bits per heavy atom. The summed E-state index contributed by atoms with van der Waals surface area (Å²) in [6.45, 7) is 2.21. The van der Waals surface area contributed by atoms with Crippen LogP contribution in [0.5, 0.6) is 11.5 Å². The van der Waals surface area contributed by atoms with Crippen molar-refractivity contribution < 1.29 is 15.0 Å². The van der Waals surface area contributed by atoms with E-state index in [0.29, 0.717) is 29.3 Å². The predicted molar refractivity (Wildman–Crippen MR) is 122 cm³/mol. The van der Waals surface area contributed by atoms with Crippen LogP contribution in [0.25, 0.3) is 10.9 Å². The molecule has 0 unspecified atom stereocenters. The minimum atomic E-state index is -0.112. The fourth-order valence-electron chi connectivity index (χ4n) is 6.73. The molecule has 2 saturated carbocycles. The molecule has 3 aromatic rings. The van der Waals surface area contributed by atoms with E-state index in [-0.39, 0.29) is 11.2 Å². The van der Waals surface area contributed by atoms with Crippen molar-refractivity contribution in [3.05, 3.63) is 47.7 Å². The lowest BCUT2D eigenvalue weighted by Gasteiger charge is -2.48. The quantitative estimate of drug-likeness (QED) is 0.453. The molecule has 1 heterocycles. The van der Waals surface area contributed by atoms with Gasteiger partial charge >= 0.3 is 0 Å². The van der Waals surface area contributed by atoms with Crippen LogP contribution in [-0.2, 0) is 11.2 Å². The molecule has 0 radical (unpaired) electrons. The summed E-state index contributed by atoms with van der Waals surface area (Å²) in [4.78, 5) is 17.7. The molecule has 0 aliphatic heterocycles. The van der Waals surface area contributed by atoms with Gasteiger partial charge in [-0.15, -0.1) is 0 Å². The standard InChI is InChI=1S/C26H27NO3S/c1-26-9-8-16-17(20(26)5-7-25(26)30)4-2-14-10-22(29)23(12-18(14)16)31-24-13-27-21-6-3-15(28)11-19(21)24/h3,6,10-13,16-17,20,27-29H,2,4-5,7-9H2,1H3/t16-,17+,20-,26-/m0/s1. The maximum atomic E-state index is 12.6. The number of nitrogens with one attached hydrogen (secondary N) is 1. The topological polar surface area (TPSA) is 73.3 Å². The zero-order valence-electron chi connectivity index (χ0n) is 17.6. The molecule has 4 atom stereocenters. The van der Waals surface area contributed by atoms with Crippen molar-refractivity contribution in [2.75, 3.05) is 0 Å². The highest BCUT2D eigenvalue weighted by Gasteiger charge is 2.54. The number of hydrogen-bond donors (Lipinski definition) is 3. The van der Waals surface area contributed by atoms with Crippen molar-refractivity contribution >= 4 is 28.4 Å². The van der Waals surface area contributed by atoms with E-state index in [2.05, 4.69) is 18.0 Å². The van der Waals surface area contributed by atoms with Crippen molar-refractivity contribution in [2.24, 2.45) is 17.3 Å². The Kier molecular flexibility index (Phi) is 4.23. The molecule has 3 aliphatic carbocycles. The number of aromatic nitrogens is 1.